The molecule has 0 saturated heterocycles. The fourth-order valence-electron chi connectivity index (χ4n) is 2.81. The van der Waals surface area contributed by atoms with Crippen LogP contribution in [0.3, 0.4) is 0 Å². The number of ether oxygens (including phenoxy) is 3. The number of methoxy groups -OCH3 is 3. The van der Waals surface area contributed by atoms with E-state index in [1.54, 1.807) is 12.1 Å². The van der Waals surface area contributed by atoms with E-state index >= 15 is 0 Å². The number of benzene rings is 1. The molecule has 1 amide bonds. The van der Waals surface area contributed by atoms with Gasteiger partial charge in [-0.3, -0.25) is 4.79 Å². The normalized spacial score (nSPS) is 10.3. The van der Waals surface area contributed by atoms with Crippen molar-refractivity contribution in [2.75, 3.05) is 44.6 Å². The van der Waals surface area contributed by atoms with Crippen molar-refractivity contribution in [1.82, 2.24) is 9.97 Å². The van der Waals surface area contributed by atoms with Gasteiger partial charge in [0.05, 0.1) is 26.9 Å². The van der Waals surface area contributed by atoms with Crippen LogP contribution in [-0.2, 0) is 0 Å². The van der Waals surface area contributed by atoms with Crippen LogP contribution in [0.4, 0.5) is 11.6 Å². The number of anilines is 2. The maximum absolute atomic E-state index is 12.6. The van der Waals surface area contributed by atoms with Crippen LogP contribution in [0, 0.1) is 0 Å². The number of rotatable bonds is 10. The molecule has 1 N–H and O–H groups in total. The second-order valence-corrected chi connectivity index (χ2v) is 6.13. The van der Waals surface area contributed by atoms with Crippen molar-refractivity contribution in [1.29, 1.82) is 0 Å². The zero-order valence-corrected chi connectivity index (χ0v) is 17.1. The van der Waals surface area contributed by atoms with Crippen molar-refractivity contribution >= 4 is 17.5 Å². The maximum atomic E-state index is 12.6. The number of nitrogens with one attached hydrogen (secondary N) is 1. The van der Waals surface area contributed by atoms with Crippen molar-refractivity contribution in [2.24, 2.45) is 0 Å². The minimum Gasteiger partial charge on any atom is -0.493 e. The van der Waals surface area contributed by atoms with Gasteiger partial charge in [0.15, 0.2) is 11.5 Å². The molecule has 0 bridgehead atoms. The number of amides is 1. The summed E-state index contributed by atoms with van der Waals surface area (Å²) < 4.78 is 15.9. The molecule has 152 valence electrons. The Hall–Kier alpha value is -3.03. The smallest absolute Gasteiger partial charge is 0.258 e. The predicted octanol–water partition coefficient (Wildman–Crippen LogP) is 3.38. The predicted molar refractivity (Wildman–Crippen MR) is 109 cm³/mol. The summed E-state index contributed by atoms with van der Waals surface area (Å²) in [6.07, 6.45) is 5.08. The van der Waals surface area contributed by atoms with E-state index in [1.807, 2.05) is 0 Å². The van der Waals surface area contributed by atoms with Gasteiger partial charge in [0, 0.05) is 43.3 Å². The number of aromatic nitrogens is 2. The fourth-order valence-corrected chi connectivity index (χ4v) is 2.81. The Kier molecular flexibility index (Phi) is 7.86. The van der Waals surface area contributed by atoms with Crippen molar-refractivity contribution < 1.29 is 19.0 Å². The Morgan fingerprint density at radius 3 is 1.93 bits per heavy atom. The Morgan fingerprint density at radius 2 is 1.50 bits per heavy atom. The molecule has 0 atom stereocenters. The van der Waals surface area contributed by atoms with E-state index < -0.39 is 0 Å². The van der Waals surface area contributed by atoms with Crippen LogP contribution in [0.2, 0.25) is 0 Å². The van der Waals surface area contributed by atoms with E-state index in [4.69, 9.17) is 14.2 Å². The molecule has 8 nitrogen and oxygen atoms in total. The highest BCUT2D eigenvalue weighted by atomic mass is 16.5. The number of carbonyl (C=O) groups excluding carboxylic acids is 1. The SMILES string of the molecule is CCCN(CCC)c1ncc(C(=O)Nc2cc(OC)c(OC)c(OC)c2)cn1. The summed E-state index contributed by atoms with van der Waals surface area (Å²) in [6, 6.07) is 3.33. The lowest BCUT2D eigenvalue weighted by molar-refractivity contribution is 0.102. The molecule has 28 heavy (non-hydrogen) atoms. The van der Waals surface area contributed by atoms with Crippen LogP contribution in [-0.4, -0.2) is 50.3 Å². The molecule has 0 unspecified atom stereocenters. The number of nitrogens with zero attached hydrogens (tertiary/aromatic N) is 3. The van der Waals surface area contributed by atoms with Crippen LogP contribution in [0.25, 0.3) is 0 Å². The zero-order chi connectivity index (χ0) is 20.5. The van der Waals surface area contributed by atoms with E-state index in [0.29, 0.717) is 34.4 Å². The van der Waals surface area contributed by atoms with Gasteiger partial charge in [-0.15, -0.1) is 0 Å². The van der Waals surface area contributed by atoms with E-state index in [1.165, 1.54) is 33.7 Å². The summed E-state index contributed by atoms with van der Waals surface area (Å²) in [7, 11) is 4.57. The first-order chi connectivity index (χ1) is 13.6. The van der Waals surface area contributed by atoms with Gasteiger partial charge in [0.1, 0.15) is 0 Å². The third-order valence-corrected chi connectivity index (χ3v) is 4.09. The number of hydrogen-bond acceptors (Lipinski definition) is 7. The molecule has 0 fully saturated rings. The van der Waals surface area contributed by atoms with Gasteiger partial charge >= 0.3 is 0 Å². The molecule has 0 aliphatic rings. The molecule has 0 aliphatic carbocycles. The third-order valence-electron chi connectivity index (χ3n) is 4.09. The molecule has 8 heteroatoms. The first kappa shape index (κ1) is 21.3. The lowest BCUT2D eigenvalue weighted by Gasteiger charge is -2.21. The van der Waals surface area contributed by atoms with Gasteiger partial charge in [-0.05, 0) is 12.8 Å². The molecule has 0 spiro atoms. The second-order valence-electron chi connectivity index (χ2n) is 6.13. The molecule has 0 aliphatic heterocycles. The standard InChI is InChI=1S/C20H28N4O4/c1-6-8-24(9-7-2)20-21-12-14(13-22-20)19(25)23-15-10-16(26-3)18(28-5)17(11-15)27-4/h10-13H,6-9H2,1-5H3,(H,23,25). The van der Waals surface area contributed by atoms with Gasteiger partial charge < -0.3 is 24.4 Å². The van der Waals surface area contributed by atoms with Crippen LogP contribution >= 0.6 is 0 Å². The largest absolute Gasteiger partial charge is 0.493 e. The molecular weight excluding hydrogens is 360 g/mol. The second kappa shape index (κ2) is 10.3. The summed E-state index contributed by atoms with van der Waals surface area (Å²) >= 11 is 0. The van der Waals surface area contributed by atoms with Gasteiger partial charge in [0.25, 0.3) is 5.91 Å². The quantitative estimate of drug-likeness (QED) is 0.668. The molecule has 1 heterocycles. The highest BCUT2D eigenvalue weighted by molar-refractivity contribution is 6.04. The van der Waals surface area contributed by atoms with E-state index in [-0.39, 0.29) is 5.91 Å². The number of carbonyl (C=O) groups is 1. The van der Waals surface area contributed by atoms with E-state index in [9.17, 15) is 4.79 Å². The van der Waals surface area contributed by atoms with E-state index in [2.05, 4.69) is 34.0 Å². The van der Waals surface area contributed by atoms with Gasteiger partial charge in [-0.25, -0.2) is 9.97 Å². The summed E-state index contributed by atoms with van der Waals surface area (Å²) in [6.45, 7) is 5.99. The Bertz CT molecular complexity index is 749. The lowest BCUT2D eigenvalue weighted by atomic mass is 10.2. The van der Waals surface area contributed by atoms with Crippen LogP contribution < -0.4 is 24.4 Å². The molecule has 2 aromatic rings. The van der Waals surface area contributed by atoms with Crippen LogP contribution in [0.5, 0.6) is 17.2 Å². The zero-order valence-electron chi connectivity index (χ0n) is 17.1. The maximum Gasteiger partial charge on any atom is 0.258 e. The first-order valence-electron chi connectivity index (χ1n) is 9.26. The highest BCUT2D eigenvalue weighted by Gasteiger charge is 2.16. The molecule has 0 saturated carbocycles. The van der Waals surface area contributed by atoms with Gasteiger partial charge in [-0.1, -0.05) is 13.8 Å². The third kappa shape index (κ3) is 5.03. The van der Waals surface area contributed by atoms with Crippen molar-refractivity contribution in [3.05, 3.63) is 30.1 Å². The van der Waals surface area contributed by atoms with Crippen LogP contribution in [0.1, 0.15) is 37.0 Å². The van der Waals surface area contributed by atoms with Gasteiger partial charge in [-0.2, -0.15) is 0 Å². The van der Waals surface area contributed by atoms with E-state index in [0.717, 1.165) is 25.9 Å². The fraction of sp³-hybridized carbons (Fsp3) is 0.450. The summed E-state index contributed by atoms with van der Waals surface area (Å²) in [4.78, 5) is 23.4. The monoisotopic (exact) mass is 388 g/mol. The summed E-state index contributed by atoms with van der Waals surface area (Å²) in [5.41, 5.74) is 0.882. The topological polar surface area (TPSA) is 85.8 Å². The Labute approximate surface area is 165 Å². The van der Waals surface area contributed by atoms with Crippen LogP contribution in [0.15, 0.2) is 24.5 Å². The summed E-state index contributed by atoms with van der Waals surface area (Å²) in [5.74, 6) is 1.69. The molecule has 1 aromatic carbocycles. The average molecular weight is 388 g/mol. The molecule has 1 aromatic heterocycles. The summed E-state index contributed by atoms with van der Waals surface area (Å²) in [5, 5.41) is 2.81. The lowest BCUT2D eigenvalue weighted by Crippen LogP contribution is -2.27. The minimum atomic E-state index is -0.321. The van der Waals surface area contributed by atoms with Crippen molar-refractivity contribution in [3.8, 4) is 17.2 Å². The van der Waals surface area contributed by atoms with Crippen molar-refractivity contribution in [2.45, 2.75) is 26.7 Å². The first-order valence-corrected chi connectivity index (χ1v) is 9.26. The van der Waals surface area contributed by atoms with Crippen molar-refractivity contribution in [3.63, 3.8) is 0 Å². The highest BCUT2D eigenvalue weighted by Crippen LogP contribution is 2.40. The van der Waals surface area contributed by atoms with Gasteiger partial charge in [0.2, 0.25) is 11.7 Å². The molecule has 0 radical (unpaired) electrons. The minimum absolute atomic E-state index is 0.321. The molecule has 2 rings (SSSR count). The molecular formula is C20H28N4O4. The number of hydrogen-bond donors (Lipinski definition) is 1. The average Bonchev–Trinajstić information content (AvgIpc) is 2.72. The Morgan fingerprint density at radius 1 is 0.964 bits per heavy atom. The Balaban J connectivity index is 2.18.